The lowest BCUT2D eigenvalue weighted by atomic mass is 9.95. The third kappa shape index (κ3) is 4.19. The molecule has 0 bridgehead atoms. The second-order valence-corrected chi connectivity index (χ2v) is 6.90. The molecule has 0 saturated heterocycles. The van der Waals surface area contributed by atoms with E-state index >= 15 is 0 Å². The van der Waals surface area contributed by atoms with E-state index in [1.165, 1.54) is 0 Å². The molecule has 4 rings (SSSR count). The molecule has 1 N–H and O–H groups in total. The van der Waals surface area contributed by atoms with E-state index in [2.05, 4.69) is 20.8 Å². The summed E-state index contributed by atoms with van der Waals surface area (Å²) in [7, 11) is 0. The highest BCUT2D eigenvalue weighted by atomic mass is 16.1. The molecular weight excluding hydrogens is 360 g/mol. The average molecular weight is 380 g/mol. The van der Waals surface area contributed by atoms with Crippen LogP contribution < -0.4 is 5.43 Å². The molecule has 3 aromatic rings. The fraction of sp³-hybridized carbons (Fsp3) is 0.0833. The zero-order chi connectivity index (χ0) is 20.2. The van der Waals surface area contributed by atoms with Crippen LogP contribution in [0.15, 0.2) is 88.1 Å². The lowest BCUT2D eigenvalue weighted by Crippen LogP contribution is -2.19. The zero-order valence-electron chi connectivity index (χ0n) is 16.3. The number of ketones is 1. The fourth-order valence-electron chi connectivity index (χ4n) is 3.11. The predicted molar refractivity (Wildman–Crippen MR) is 117 cm³/mol. The quantitative estimate of drug-likeness (QED) is 0.437. The van der Waals surface area contributed by atoms with E-state index < -0.39 is 0 Å². The summed E-state index contributed by atoms with van der Waals surface area (Å²) in [5.74, 6) is -0.114. The van der Waals surface area contributed by atoms with Gasteiger partial charge < -0.3 is 0 Å². The van der Waals surface area contributed by atoms with E-state index in [1.807, 2.05) is 86.7 Å². The number of hydrazone groups is 1. The second-order valence-electron chi connectivity index (χ2n) is 6.90. The third-order valence-corrected chi connectivity index (χ3v) is 4.63. The molecule has 142 valence electrons. The number of azo groups is 1. The Morgan fingerprint density at radius 1 is 0.828 bits per heavy atom. The van der Waals surface area contributed by atoms with Crippen molar-refractivity contribution in [1.29, 1.82) is 0 Å². The molecule has 0 radical (unpaired) electrons. The summed E-state index contributed by atoms with van der Waals surface area (Å²) in [6, 6.07) is 21.3. The highest BCUT2D eigenvalue weighted by Crippen LogP contribution is 2.25. The number of aryl methyl sites for hydroxylation is 2. The first kappa shape index (κ1) is 18.5. The number of carbonyl (C=O) groups excluding carboxylic acids is 1. The van der Waals surface area contributed by atoms with Crippen molar-refractivity contribution in [2.45, 2.75) is 13.8 Å². The van der Waals surface area contributed by atoms with Crippen LogP contribution in [0.25, 0.3) is 6.08 Å². The van der Waals surface area contributed by atoms with Gasteiger partial charge in [-0.25, -0.2) is 0 Å². The van der Waals surface area contributed by atoms with Gasteiger partial charge in [0, 0.05) is 5.56 Å². The Kier molecular flexibility index (Phi) is 5.12. The molecule has 1 aliphatic carbocycles. The Bertz CT molecular complexity index is 1180. The number of fused-ring (bicyclic) bond motifs is 1. The minimum Gasteiger partial charge on any atom is -0.287 e. The van der Waals surface area contributed by atoms with Gasteiger partial charge in [0.15, 0.2) is 0 Å². The molecule has 0 aliphatic heterocycles. The number of hydrogen-bond acceptors (Lipinski definition) is 5. The molecule has 5 heteroatoms. The molecule has 0 spiro atoms. The van der Waals surface area contributed by atoms with Crippen LogP contribution in [0.5, 0.6) is 0 Å². The molecule has 0 atom stereocenters. The number of nitrogens with one attached hydrogen (secondary N) is 1. The van der Waals surface area contributed by atoms with Crippen molar-refractivity contribution in [3.8, 4) is 0 Å². The summed E-state index contributed by atoms with van der Waals surface area (Å²) < 4.78 is 0. The van der Waals surface area contributed by atoms with Crippen molar-refractivity contribution in [2.75, 3.05) is 5.43 Å². The topological polar surface area (TPSA) is 66.2 Å². The standard InChI is InChI=1S/C24H20N4O/c1-16-6-5-8-19(14-16)25-27-22-12-11-20(15-17(22)2)26-28-24-21-9-4-3-7-18(21)10-13-23(24)29/h3-15,26H,1-2H3/b27-25?,28-24-. The van der Waals surface area contributed by atoms with Crippen LogP contribution in [0.1, 0.15) is 22.3 Å². The van der Waals surface area contributed by atoms with Gasteiger partial charge in [-0.1, -0.05) is 42.5 Å². The Morgan fingerprint density at radius 2 is 1.69 bits per heavy atom. The fourth-order valence-corrected chi connectivity index (χ4v) is 3.11. The number of hydrogen-bond donors (Lipinski definition) is 1. The Labute approximate surface area is 169 Å². The Balaban J connectivity index is 1.54. The van der Waals surface area contributed by atoms with E-state index in [1.54, 1.807) is 6.08 Å². The smallest absolute Gasteiger partial charge is 0.206 e. The van der Waals surface area contributed by atoms with E-state index in [-0.39, 0.29) is 5.78 Å². The van der Waals surface area contributed by atoms with Crippen LogP contribution in [0.2, 0.25) is 0 Å². The van der Waals surface area contributed by atoms with Crippen molar-refractivity contribution in [3.63, 3.8) is 0 Å². The molecule has 0 aromatic heterocycles. The molecule has 0 heterocycles. The van der Waals surface area contributed by atoms with Crippen molar-refractivity contribution in [3.05, 3.63) is 95.1 Å². The van der Waals surface area contributed by atoms with Gasteiger partial charge in [-0.3, -0.25) is 10.2 Å². The van der Waals surface area contributed by atoms with Gasteiger partial charge in [0.1, 0.15) is 5.71 Å². The summed E-state index contributed by atoms with van der Waals surface area (Å²) in [6.07, 6.45) is 3.36. The van der Waals surface area contributed by atoms with E-state index in [4.69, 9.17) is 0 Å². The number of benzene rings is 3. The monoisotopic (exact) mass is 380 g/mol. The Morgan fingerprint density at radius 3 is 2.52 bits per heavy atom. The number of rotatable bonds is 4. The minimum absolute atomic E-state index is 0.114. The zero-order valence-corrected chi connectivity index (χ0v) is 16.3. The summed E-state index contributed by atoms with van der Waals surface area (Å²) in [6.45, 7) is 3.99. The molecular formula is C24H20N4O. The van der Waals surface area contributed by atoms with Gasteiger partial charge >= 0.3 is 0 Å². The van der Waals surface area contributed by atoms with E-state index in [0.29, 0.717) is 5.71 Å². The first-order chi connectivity index (χ1) is 14.1. The maximum Gasteiger partial charge on any atom is 0.206 e. The van der Waals surface area contributed by atoms with Gasteiger partial charge in [-0.05, 0) is 66.9 Å². The van der Waals surface area contributed by atoms with Gasteiger partial charge in [0.2, 0.25) is 5.78 Å². The number of allylic oxidation sites excluding steroid dienone is 1. The average Bonchev–Trinajstić information content (AvgIpc) is 2.72. The molecule has 5 nitrogen and oxygen atoms in total. The summed E-state index contributed by atoms with van der Waals surface area (Å²) in [4.78, 5) is 12.3. The summed E-state index contributed by atoms with van der Waals surface area (Å²) in [5.41, 5.74) is 9.70. The second kappa shape index (κ2) is 8.02. The third-order valence-electron chi connectivity index (χ3n) is 4.63. The van der Waals surface area contributed by atoms with Crippen molar-refractivity contribution < 1.29 is 4.79 Å². The lowest BCUT2D eigenvalue weighted by Gasteiger charge is -2.12. The summed E-state index contributed by atoms with van der Waals surface area (Å²) >= 11 is 0. The van der Waals surface area contributed by atoms with Crippen molar-refractivity contribution in [1.82, 2.24) is 0 Å². The summed E-state index contributed by atoms with van der Waals surface area (Å²) in [5, 5.41) is 13.0. The molecule has 0 saturated carbocycles. The van der Waals surface area contributed by atoms with Crippen LogP contribution in [-0.2, 0) is 4.79 Å². The highest BCUT2D eigenvalue weighted by molar-refractivity contribution is 6.52. The van der Waals surface area contributed by atoms with Gasteiger partial charge in [-0.2, -0.15) is 15.3 Å². The number of anilines is 1. The molecule has 3 aromatic carbocycles. The number of carbonyl (C=O) groups is 1. The molecule has 29 heavy (non-hydrogen) atoms. The molecule has 0 amide bonds. The molecule has 0 unspecified atom stereocenters. The Hall–Kier alpha value is -3.86. The van der Waals surface area contributed by atoms with E-state index in [0.717, 1.165) is 39.3 Å². The molecule has 0 fully saturated rings. The first-order valence-corrected chi connectivity index (χ1v) is 9.35. The van der Waals surface area contributed by atoms with Crippen LogP contribution in [-0.4, -0.2) is 11.5 Å². The maximum absolute atomic E-state index is 12.3. The predicted octanol–water partition coefficient (Wildman–Crippen LogP) is 6.13. The van der Waals surface area contributed by atoms with Gasteiger partial charge in [-0.15, -0.1) is 0 Å². The molecule has 1 aliphatic rings. The minimum atomic E-state index is -0.114. The van der Waals surface area contributed by atoms with Gasteiger partial charge in [0.25, 0.3) is 0 Å². The van der Waals surface area contributed by atoms with Crippen LogP contribution in [0.3, 0.4) is 0 Å². The highest BCUT2D eigenvalue weighted by Gasteiger charge is 2.18. The van der Waals surface area contributed by atoms with Crippen molar-refractivity contribution >= 4 is 34.6 Å². The van der Waals surface area contributed by atoms with Crippen molar-refractivity contribution in [2.24, 2.45) is 15.3 Å². The lowest BCUT2D eigenvalue weighted by molar-refractivity contribution is -0.108. The maximum atomic E-state index is 12.3. The largest absolute Gasteiger partial charge is 0.287 e. The van der Waals surface area contributed by atoms with Crippen LogP contribution in [0, 0.1) is 13.8 Å². The van der Waals surface area contributed by atoms with Crippen LogP contribution in [0.4, 0.5) is 17.1 Å². The van der Waals surface area contributed by atoms with E-state index in [9.17, 15) is 4.79 Å². The SMILES string of the molecule is Cc1cccc(N=Nc2ccc(N/N=C3\C(=O)C=Cc4ccccc43)cc2C)c1. The van der Waals surface area contributed by atoms with Gasteiger partial charge in [0.05, 0.1) is 17.1 Å². The first-order valence-electron chi connectivity index (χ1n) is 9.35. The van der Waals surface area contributed by atoms with Crippen LogP contribution >= 0.6 is 0 Å². The number of nitrogens with zero attached hydrogens (tertiary/aromatic N) is 3. The normalized spacial score (nSPS) is 14.4.